The molecular weight excluding hydrogens is 196 g/mol. The van der Waals surface area contributed by atoms with Gasteiger partial charge in [0, 0.05) is 18.9 Å². The van der Waals surface area contributed by atoms with Gasteiger partial charge in [0.15, 0.2) is 5.17 Å². The van der Waals surface area contributed by atoms with Crippen LogP contribution in [0.1, 0.15) is 26.7 Å². The lowest BCUT2D eigenvalue weighted by molar-refractivity contribution is 0.125. The summed E-state index contributed by atoms with van der Waals surface area (Å²) >= 11 is 1.82. The molecule has 2 unspecified atom stereocenters. The van der Waals surface area contributed by atoms with Gasteiger partial charge in [-0.2, -0.15) is 0 Å². The molecule has 1 saturated heterocycles. The van der Waals surface area contributed by atoms with E-state index in [4.69, 9.17) is 4.74 Å². The second-order valence-electron chi connectivity index (χ2n) is 3.58. The maximum atomic E-state index is 5.15. The van der Waals surface area contributed by atoms with Crippen LogP contribution in [0.5, 0.6) is 0 Å². The summed E-state index contributed by atoms with van der Waals surface area (Å²) in [6.07, 6.45) is 2.64. The van der Waals surface area contributed by atoms with Crippen molar-refractivity contribution in [1.82, 2.24) is 5.32 Å². The quantitative estimate of drug-likeness (QED) is 0.779. The smallest absolute Gasteiger partial charge is 0.156 e. The SMILES string of the molecule is CCC1CCSC(=NCC(C)OC)N1. The summed E-state index contributed by atoms with van der Waals surface area (Å²) in [5.74, 6) is 1.19. The predicted octanol–water partition coefficient (Wildman–Crippen LogP) is 1.88. The van der Waals surface area contributed by atoms with Gasteiger partial charge in [-0.25, -0.2) is 0 Å². The number of amidine groups is 1. The van der Waals surface area contributed by atoms with Gasteiger partial charge in [-0.15, -0.1) is 0 Å². The summed E-state index contributed by atoms with van der Waals surface area (Å²) in [6, 6.07) is 0.618. The molecule has 1 aliphatic heterocycles. The van der Waals surface area contributed by atoms with Crippen LogP contribution in [0.3, 0.4) is 0 Å². The molecular formula is C10H20N2OS. The molecule has 2 atom stereocenters. The number of rotatable bonds is 4. The van der Waals surface area contributed by atoms with Crippen LogP contribution < -0.4 is 5.32 Å². The minimum atomic E-state index is 0.215. The summed E-state index contributed by atoms with van der Waals surface area (Å²) in [4.78, 5) is 4.50. The number of nitrogens with one attached hydrogen (secondary N) is 1. The molecule has 4 heteroatoms. The highest BCUT2D eigenvalue weighted by molar-refractivity contribution is 8.13. The highest BCUT2D eigenvalue weighted by Gasteiger charge is 2.15. The molecule has 0 amide bonds. The zero-order valence-corrected chi connectivity index (χ0v) is 10.1. The zero-order chi connectivity index (χ0) is 10.4. The third-order valence-electron chi connectivity index (χ3n) is 2.42. The van der Waals surface area contributed by atoms with E-state index in [1.54, 1.807) is 7.11 Å². The van der Waals surface area contributed by atoms with Crippen LogP contribution in [0.4, 0.5) is 0 Å². The molecule has 0 aromatic carbocycles. The number of thioether (sulfide) groups is 1. The van der Waals surface area contributed by atoms with Crippen molar-refractivity contribution in [2.75, 3.05) is 19.4 Å². The third kappa shape index (κ3) is 3.88. The first-order valence-corrected chi connectivity index (χ1v) is 6.21. The van der Waals surface area contributed by atoms with Crippen molar-refractivity contribution >= 4 is 16.9 Å². The maximum Gasteiger partial charge on any atom is 0.156 e. The molecule has 82 valence electrons. The standard InChI is InChI=1S/C10H20N2OS/c1-4-9-5-6-14-10(12-9)11-7-8(2)13-3/h8-9H,4-7H2,1-3H3,(H,11,12). The Morgan fingerprint density at radius 1 is 1.71 bits per heavy atom. The van der Waals surface area contributed by atoms with Gasteiger partial charge in [-0.05, 0) is 19.8 Å². The van der Waals surface area contributed by atoms with Crippen molar-refractivity contribution in [1.29, 1.82) is 0 Å². The Morgan fingerprint density at radius 3 is 3.14 bits per heavy atom. The molecule has 0 radical (unpaired) electrons. The minimum Gasteiger partial charge on any atom is -0.380 e. The van der Waals surface area contributed by atoms with Crippen molar-refractivity contribution in [3.63, 3.8) is 0 Å². The minimum absolute atomic E-state index is 0.215. The highest BCUT2D eigenvalue weighted by Crippen LogP contribution is 2.15. The number of methoxy groups -OCH3 is 1. The van der Waals surface area contributed by atoms with Crippen LogP contribution in [0.2, 0.25) is 0 Å². The number of hydrogen-bond acceptors (Lipinski definition) is 3. The Bertz CT molecular complexity index is 197. The molecule has 0 aromatic heterocycles. The normalized spacial score (nSPS) is 27.4. The lowest BCUT2D eigenvalue weighted by atomic mass is 10.2. The van der Waals surface area contributed by atoms with Crippen LogP contribution in [-0.2, 0) is 4.74 Å². The molecule has 14 heavy (non-hydrogen) atoms. The van der Waals surface area contributed by atoms with Gasteiger partial charge in [-0.3, -0.25) is 4.99 Å². The first-order chi connectivity index (χ1) is 6.76. The van der Waals surface area contributed by atoms with E-state index < -0.39 is 0 Å². The fourth-order valence-corrected chi connectivity index (χ4v) is 2.28. The van der Waals surface area contributed by atoms with Gasteiger partial charge in [-0.1, -0.05) is 18.7 Å². The second-order valence-corrected chi connectivity index (χ2v) is 4.66. The zero-order valence-electron chi connectivity index (χ0n) is 9.25. The molecule has 1 N–H and O–H groups in total. The molecule has 3 nitrogen and oxygen atoms in total. The first kappa shape index (κ1) is 11.9. The Morgan fingerprint density at radius 2 is 2.50 bits per heavy atom. The number of ether oxygens (including phenoxy) is 1. The van der Waals surface area contributed by atoms with Crippen LogP contribution >= 0.6 is 11.8 Å². The highest BCUT2D eigenvalue weighted by atomic mass is 32.2. The van der Waals surface area contributed by atoms with E-state index in [-0.39, 0.29) is 6.10 Å². The van der Waals surface area contributed by atoms with Gasteiger partial charge in [0.05, 0.1) is 12.6 Å². The van der Waals surface area contributed by atoms with Crippen LogP contribution in [0.15, 0.2) is 4.99 Å². The number of nitrogens with zero attached hydrogens (tertiary/aromatic N) is 1. The van der Waals surface area contributed by atoms with Crippen LogP contribution in [-0.4, -0.2) is 36.7 Å². The number of hydrogen-bond donors (Lipinski definition) is 1. The average Bonchev–Trinajstić information content (AvgIpc) is 2.26. The summed E-state index contributed by atoms with van der Waals surface area (Å²) in [5.41, 5.74) is 0. The maximum absolute atomic E-state index is 5.15. The Labute approximate surface area is 90.7 Å². The van der Waals surface area contributed by atoms with Crippen molar-refractivity contribution in [3.05, 3.63) is 0 Å². The molecule has 1 heterocycles. The van der Waals surface area contributed by atoms with Gasteiger partial charge in [0.1, 0.15) is 0 Å². The second kappa shape index (κ2) is 6.30. The van der Waals surface area contributed by atoms with Gasteiger partial charge >= 0.3 is 0 Å². The molecule has 1 fully saturated rings. The summed E-state index contributed by atoms with van der Waals surface area (Å²) in [5, 5.41) is 4.53. The molecule has 0 aromatic rings. The summed E-state index contributed by atoms with van der Waals surface area (Å²) in [6.45, 7) is 5.00. The third-order valence-corrected chi connectivity index (χ3v) is 3.38. The van der Waals surface area contributed by atoms with Crippen LogP contribution in [0, 0.1) is 0 Å². The van der Waals surface area contributed by atoms with Crippen molar-refractivity contribution < 1.29 is 4.74 Å². The fraction of sp³-hybridized carbons (Fsp3) is 0.900. The topological polar surface area (TPSA) is 33.6 Å². The lowest BCUT2D eigenvalue weighted by Crippen LogP contribution is -2.37. The monoisotopic (exact) mass is 216 g/mol. The van der Waals surface area contributed by atoms with E-state index in [1.165, 1.54) is 18.6 Å². The number of aliphatic imine (C=N–C) groups is 1. The van der Waals surface area contributed by atoms with E-state index in [1.807, 2.05) is 18.7 Å². The van der Waals surface area contributed by atoms with E-state index in [2.05, 4.69) is 17.2 Å². The van der Waals surface area contributed by atoms with Crippen LogP contribution in [0.25, 0.3) is 0 Å². The van der Waals surface area contributed by atoms with E-state index in [0.717, 1.165) is 11.7 Å². The largest absolute Gasteiger partial charge is 0.380 e. The Hall–Kier alpha value is -0.220. The molecule has 0 bridgehead atoms. The van der Waals surface area contributed by atoms with Crippen molar-refractivity contribution in [2.24, 2.45) is 4.99 Å². The Balaban J connectivity index is 2.35. The van der Waals surface area contributed by atoms with Gasteiger partial charge < -0.3 is 10.1 Å². The van der Waals surface area contributed by atoms with E-state index in [9.17, 15) is 0 Å². The van der Waals surface area contributed by atoms with Crippen molar-refractivity contribution in [3.8, 4) is 0 Å². The fourth-order valence-electron chi connectivity index (χ4n) is 1.27. The Kier molecular flexibility index (Phi) is 5.33. The summed E-state index contributed by atoms with van der Waals surface area (Å²) < 4.78 is 5.15. The van der Waals surface area contributed by atoms with Crippen molar-refractivity contribution in [2.45, 2.75) is 38.8 Å². The molecule has 0 aliphatic carbocycles. The lowest BCUT2D eigenvalue weighted by Gasteiger charge is -2.24. The average molecular weight is 216 g/mol. The van der Waals surface area contributed by atoms with Gasteiger partial charge in [0.25, 0.3) is 0 Å². The summed E-state index contributed by atoms with van der Waals surface area (Å²) in [7, 11) is 1.72. The predicted molar refractivity (Wildman–Crippen MR) is 63.1 cm³/mol. The van der Waals surface area contributed by atoms with E-state index in [0.29, 0.717) is 6.04 Å². The molecule has 0 spiro atoms. The van der Waals surface area contributed by atoms with Gasteiger partial charge in [0.2, 0.25) is 0 Å². The molecule has 0 saturated carbocycles. The van der Waals surface area contributed by atoms with E-state index >= 15 is 0 Å². The molecule has 1 aliphatic rings. The first-order valence-electron chi connectivity index (χ1n) is 5.22. The molecule has 1 rings (SSSR count).